The van der Waals surface area contributed by atoms with Crippen LogP contribution in [-0.4, -0.2) is 31.4 Å². The SMILES string of the molecule is CCNC(=O)c1ccc(NC(=O)C2(C)CCCNC2)cc1. The lowest BCUT2D eigenvalue weighted by Crippen LogP contribution is -2.46. The van der Waals surface area contributed by atoms with Crippen LogP contribution in [0.1, 0.15) is 37.0 Å². The maximum atomic E-state index is 12.4. The Bertz CT molecular complexity index is 505. The second-order valence-electron chi connectivity index (χ2n) is 5.73. The van der Waals surface area contributed by atoms with Crippen LogP contribution in [0, 0.1) is 5.41 Å². The maximum Gasteiger partial charge on any atom is 0.251 e. The number of hydrogen-bond acceptors (Lipinski definition) is 3. The molecule has 1 saturated heterocycles. The predicted octanol–water partition coefficient (Wildman–Crippen LogP) is 1.76. The number of carbonyl (C=O) groups excluding carboxylic acids is 2. The molecule has 1 aliphatic heterocycles. The summed E-state index contributed by atoms with van der Waals surface area (Å²) in [6.45, 7) is 6.14. The van der Waals surface area contributed by atoms with Gasteiger partial charge in [0, 0.05) is 24.3 Å². The van der Waals surface area contributed by atoms with E-state index in [2.05, 4.69) is 16.0 Å². The van der Waals surface area contributed by atoms with E-state index in [4.69, 9.17) is 0 Å². The Balaban J connectivity index is 1.99. The molecule has 5 nitrogen and oxygen atoms in total. The Morgan fingerprint density at radius 2 is 2.00 bits per heavy atom. The number of piperidine rings is 1. The van der Waals surface area contributed by atoms with Gasteiger partial charge in [0.1, 0.15) is 0 Å². The van der Waals surface area contributed by atoms with Crippen molar-refractivity contribution in [2.45, 2.75) is 26.7 Å². The van der Waals surface area contributed by atoms with Crippen LogP contribution in [0.15, 0.2) is 24.3 Å². The molecule has 0 aliphatic carbocycles. The van der Waals surface area contributed by atoms with Gasteiger partial charge in [-0.2, -0.15) is 0 Å². The third kappa shape index (κ3) is 3.82. The van der Waals surface area contributed by atoms with Crippen molar-refractivity contribution >= 4 is 17.5 Å². The Labute approximate surface area is 125 Å². The number of hydrogen-bond donors (Lipinski definition) is 3. The van der Waals surface area contributed by atoms with Crippen molar-refractivity contribution in [3.63, 3.8) is 0 Å². The topological polar surface area (TPSA) is 70.2 Å². The van der Waals surface area contributed by atoms with Crippen LogP contribution in [0.2, 0.25) is 0 Å². The van der Waals surface area contributed by atoms with Crippen molar-refractivity contribution in [3.05, 3.63) is 29.8 Å². The molecule has 2 amide bonds. The van der Waals surface area contributed by atoms with E-state index in [1.165, 1.54) is 0 Å². The number of amides is 2. The summed E-state index contributed by atoms with van der Waals surface area (Å²) in [6.07, 6.45) is 1.91. The van der Waals surface area contributed by atoms with Crippen molar-refractivity contribution in [2.24, 2.45) is 5.41 Å². The number of rotatable bonds is 4. The van der Waals surface area contributed by atoms with Gasteiger partial charge in [-0.15, -0.1) is 0 Å². The van der Waals surface area contributed by atoms with Crippen LogP contribution in [-0.2, 0) is 4.79 Å². The van der Waals surface area contributed by atoms with Gasteiger partial charge in [-0.1, -0.05) is 0 Å². The molecular weight excluding hydrogens is 266 g/mol. The second-order valence-corrected chi connectivity index (χ2v) is 5.73. The molecule has 21 heavy (non-hydrogen) atoms. The molecule has 0 bridgehead atoms. The Hall–Kier alpha value is -1.88. The van der Waals surface area contributed by atoms with Gasteiger partial charge in [0.25, 0.3) is 5.91 Å². The first kappa shape index (κ1) is 15.5. The summed E-state index contributed by atoms with van der Waals surface area (Å²) in [5, 5.41) is 8.95. The third-order valence-electron chi connectivity index (χ3n) is 3.89. The number of carbonyl (C=O) groups is 2. The first-order valence-electron chi connectivity index (χ1n) is 7.45. The molecule has 5 heteroatoms. The van der Waals surface area contributed by atoms with Gasteiger partial charge in [-0.05, 0) is 57.5 Å². The largest absolute Gasteiger partial charge is 0.352 e. The highest BCUT2D eigenvalue weighted by Gasteiger charge is 2.34. The number of nitrogens with one attached hydrogen (secondary N) is 3. The maximum absolute atomic E-state index is 12.4. The summed E-state index contributed by atoms with van der Waals surface area (Å²) in [7, 11) is 0. The quantitative estimate of drug-likeness (QED) is 0.791. The second kappa shape index (κ2) is 6.72. The standard InChI is InChI=1S/C16H23N3O2/c1-3-18-14(20)12-5-7-13(8-6-12)19-15(21)16(2)9-4-10-17-11-16/h5-8,17H,3-4,9-11H2,1-2H3,(H,18,20)(H,19,21). The molecule has 2 rings (SSSR count). The van der Waals surface area contributed by atoms with E-state index in [0.717, 1.165) is 25.1 Å². The minimum absolute atomic E-state index is 0.0282. The third-order valence-corrected chi connectivity index (χ3v) is 3.89. The molecule has 1 heterocycles. The van der Waals surface area contributed by atoms with Gasteiger partial charge in [-0.25, -0.2) is 0 Å². The van der Waals surface area contributed by atoms with Crippen molar-refractivity contribution in [1.29, 1.82) is 0 Å². The zero-order valence-electron chi connectivity index (χ0n) is 12.7. The van der Waals surface area contributed by atoms with E-state index in [1.54, 1.807) is 24.3 Å². The highest BCUT2D eigenvalue weighted by molar-refractivity contribution is 5.97. The van der Waals surface area contributed by atoms with Crippen molar-refractivity contribution in [1.82, 2.24) is 10.6 Å². The molecule has 1 unspecified atom stereocenters. The zero-order valence-corrected chi connectivity index (χ0v) is 12.7. The summed E-state index contributed by atoms with van der Waals surface area (Å²) < 4.78 is 0. The summed E-state index contributed by atoms with van der Waals surface area (Å²) in [5.74, 6) is -0.0701. The molecule has 0 spiro atoms. The monoisotopic (exact) mass is 289 g/mol. The van der Waals surface area contributed by atoms with Gasteiger partial charge in [-0.3, -0.25) is 9.59 Å². The fourth-order valence-electron chi connectivity index (χ4n) is 2.50. The van der Waals surface area contributed by atoms with Crippen molar-refractivity contribution in [3.8, 4) is 0 Å². The lowest BCUT2D eigenvalue weighted by molar-refractivity contribution is -0.125. The molecular formula is C16H23N3O2. The van der Waals surface area contributed by atoms with Crippen LogP contribution < -0.4 is 16.0 Å². The molecule has 0 saturated carbocycles. The van der Waals surface area contributed by atoms with Gasteiger partial charge >= 0.3 is 0 Å². The summed E-state index contributed by atoms with van der Waals surface area (Å²) in [4.78, 5) is 24.0. The van der Waals surface area contributed by atoms with E-state index in [0.29, 0.717) is 18.7 Å². The van der Waals surface area contributed by atoms with Crippen molar-refractivity contribution < 1.29 is 9.59 Å². The average Bonchev–Trinajstić information content (AvgIpc) is 2.49. The van der Waals surface area contributed by atoms with Crippen LogP contribution in [0.3, 0.4) is 0 Å². The zero-order chi connectivity index (χ0) is 15.3. The van der Waals surface area contributed by atoms with E-state index < -0.39 is 0 Å². The van der Waals surface area contributed by atoms with Crippen LogP contribution in [0.5, 0.6) is 0 Å². The summed E-state index contributed by atoms with van der Waals surface area (Å²) in [5.41, 5.74) is 0.955. The number of benzene rings is 1. The lowest BCUT2D eigenvalue weighted by Gasteiger charge is -2.32. The normalized spacial score (nSPS) is 21.6. The predicted molar refractivity (Wildman–Crippen MR) is 83.3 cm³/mol. The van der Waals surface area contributed by atoms with Crippen LogP contribution in [0.25, 0.3) is 0 Å². The molecule has 1 aliphatic rings. The minimum atomic E-state index is -0.365. The van der Waals surface area contributed by atoms with Crippen LogP contribution in [0.4, 0.5) is 5.69 Å². The molecule has 0 radical (unpaired) electrons. The first-order chi connectivity index (χ1) is 10.0. The van der Waals surface area contributed by atoms with Gasteiger partial charge in [0.05, 0.1) is 5.41 Å². The smallest absolute Gasteiger partial charge is 0.251 e. The van der Waals surface area contributed by atoms with E-state index in [1.807, 2.05) is 13.8 Å². The minimum Gasteiger partial charge on any atom is -0.352 e. The van der Waals surface area contributed by atoms with Gasteiger partial charge in [0.15, 0.2) is 0 Å². The molecule has 1 aromatic rings. The molecule has 114 valence electrons. The summed E-state index contributed by atoms with van der Waals surface area (Å²) in [6, 6.07) is 6.98. The molecule has 1 atom stereocenters. The fraction of sp³-hybridized carbons (Fsp3) is 0.500. The molecule has 0 aromatic heterocycles. The van der Waals surface area contributed by atoms with Gasteiger partial charge < -0.3 is 16.0 Å². The van der Waals surface area contributed by atoms with E-state index >= 15 is 0 Å². The van der Waals surface area contributed by atoms with E-state index in [9.17, 15) is 9.59 Å². The Kier molecular flexibility index (Phi) is 4.96. The Morgan fingerprint density at radius 1 is 1.29 bits per heavy atom. The summed E-state index contributed by atoms with van der Waals surface area (Å²) >= 11 is 0. The van der Waals surface area contributed by atoms with Crippen LogP contribution >= 0.6 is 0 Å². The fourth-order valence-corrected chi connectivity index (χ4v) is 2.50. The Morgan fingerprint density at radius 3 is 2.57 bits per heavy atom. The van der Waals surface area contributed by atoms with E-state index in [-0.39, 0.29) is 17.2 Å². The lowest BCUT2D eigenvalue weighted by atomic mass is 9.82. The highest BCUT2D eigenvalue weighted by Crippen LogP contribution is 2.27. The molecule has 1 fully saturated rings. The van der Waals surface area contributed by atoms with Crippen molar-refractivity contribution in [2.75, 3.05) is 25.0 Å². The molecule has 1 aromatic carbocycles. The highest BCUT2D eigenvalue weighted by atomic mass is 16.2. The first-order valence-corrected chi connectivity index (χ1v) is 7.45. The number of anilines is 1. The molecule has 3 N–H and O–H groups in total. The average molecular weight is 289 g/mol. The van der Waals surface area contributed by atoms with Gasteiger partial charge in [0.2, 0.25) is 5.91 Å².